The highest BCUT2D eigenvalue weighted by atomic mass is 35.5. The first kappa shape index (κ1) is 22.3. The van der Waals surface area contributed by atoms with Crippen molar-refractivity contribution in [3.05, 3.63) is 33.8 Å². The van der Waals surface area contributed by atoms with Gasteiger partial charge in [-0.1, -0.05) is 29.3 Å². The molecule has 9 heteroatoms. The predicted molar refractivity (Wildman–Crippen MR) is 108 cm³/mol. The average molecular weight is 437 g/mol. The predicted octanol–water partition coefficient (Wildman–Crippen LogP) is 4.15. The fourth-order valence-corrected chi connectivity index (χ4v) is 5.15. The molecule has 1 saturated heterocycles. The molecule has 152 valence electrons. The van der Waals surface area contributed by atoms with Crippen LogP contribution in [0.2, 0.25) is 10.0 Å². The van der Waals surface area contributed by atoms with Crippen LogP contribution in [0.5, 0.6) is 0 Å². The number of hydrogen-bond donors (Lipinski definition) is 0. The van der Waals surface area contributed by atoms with E-state index in [1.165, 1.54) is 4.31 Å². The van der Waals surface area contributed by atoms with Crippen molar-refractivity contribution in [1.82, 2.24) is 9.21 Å². The van der Waals surface area contributed by atoms with E-state index in [9.17, 15) is 13.2 Å². The molecule has 1 aromatic carbocycles. The van der Waals surface area contributed by atoms with E-state index in [0.29, 0.717) is 41.5 Å². The van der Waals surface area contributed by atoms with Crippen molar-refractivity contribution < 1.29 is 17.9 Å². The molecule has 2 rings (SSSR count). The van der Waals surface area contributed by atoms with E-state index < -0.39 is 15.6 Å². The van der Waals surface area contributed by atoms with Crippen LogP contribution >= 0.6 is 23.2 Å². The Kier molecular flexibility index (Phi) is 7.06. The first-order valence-electron chi connectivity index (χ1n) is 8.77. The van der Waals surface area contributed by atoms with Crippen LogP contribution in [0.25, 0.3) is 0 Å². The molecule has 1 aliphatic heterocycles. The number of likely N-dealkylation sites (tertiary alicyclic amines) is 1. The van der Waals surface area contributed by atoms with Crippen LogP contribution in [0.15, 0.2) is 18.2 Å². The highest BCUT2D eigenvalue weighted by Gasteiger charge is 2.33. The molecule has 0 unspecified atom stereocenters. The van der Waals surface area contributed by atoms with Gasteiger partial charge in [0, 0.05) is 41.8 Å². The molecule has 1 fully saturated rings. The smallest absolute Gasteiger partial charge is 0.410 e. The molecule has 6 nitrogen and oxygen atoms in total. The Morgan fingerprint density at radius 2 is 1.74 bits per heavy atom. The number of nitrogens with zero attached hydrogens (tertiary/aromatic N) is 2. The Morgan fingerprint density at radius 3 is 2.22 bits per heavy atom. The zero-order valence-corrected chi connectivity index (χ0v) is 18.4. The molecule has 0 saturated carbocycles. The van der Waals surface area contributed by atoms with E-state index in [1.807, 2.05) is 20.8 Å². The molecule has 1 aromatic rings. The van der Waals surface area contributed by atoms with Gasteiger partial charge < -0.3 is 9.64 Å². The fraction of sp³-hybridized carbons (Fsp3) is 0.611. The Hall–Kier alpha value is -1.02. The maximum atomic E-state index is 12.8. The number of piperidine rings is 1. The van der Waals surface area contributed by atoms with Crippen LogP contribution in [0.3, 0.4) is 0 Å². The van der Waals surface area contributed by atoms with Crippen LogP contribution in [-0.4, -0.2) is 55.5 Å². The lowest BCUT2D eigenvalue weighted by Gasteiger charge is -2.36. The molecule has 27 heavy (non-hydrogen) atoms. The second-order valence-corrected chi connectivity index (χ2v) is 10.5. The normalized spacial score (nSPS) is 16.6. The monoisotopic (exact) mass is 436 g/mol. The lowest BCUT2D eigenvalue weighted by atomic mass is 10.1. The molecule has 0 spiro atoms. The first-order valence-corrected chi connectivity index (χ1v) is 11.1. The molecule has 0 N–H and O–H groups in total. The summed E-state index contributed by atoms with van der Waals surface area (Å²) in [5, 5.41) is 0.665. The minimum absolute atomic E-state index is 0.185. The Labute approximate surface area is 171 Å². The molecule has 0 aromatic heterocycles. The molecule has 0 bridgehead atoms. The van der Waals surface area contributed by atoms with Gasteiger partial charge in [0.05, 0.1) is 5.75 Å². The number of hydrogen-bond acceptors (Lipinski definition) is 4. The number of carbonyl (C=O) groups is 1. The zero-order valence-electron chi connectivity index (χ0n) is 16.0. The Bertz CT molecular complexity index is 765. The van der Waals surface area contributed by atoms with Crippen molar-refractivity contribution in [1.29, 1.82) is 0 Å². The number of ether oxygens (including phenoxy) is 1. The summed E-state index contributed by atoms with van der Waals surface area (Å²) in [4.78, 5) is 13.8. The second-order valence-electron chi connectivity index (χ2n) is 7.67. The van der Waals surface area contributed by atoms with Gasteiger partial charge in [-0.3, -0.25) is 0 Å². The SMILES string of the molecule is CN(C1CCN(C(=O)OC(C)(C)C)CC1)S(=O)(=O)Cc1c(Cl)cccc1Cl. The maximum absolute atomic E-state index is 12.8. The number of carbonyl (C=O) groups excluding carboxylic acids is 1. The summed E-state index contributed by atoms with van der Waals surface area (Å²) >= 11 is 12.2. The van der Waals surface area contributed by atoms with Crippen molar-refractivity contribution in [2.45, 2.75) is 51.0 Å². The van der Waals surface area contributed by atoms with E-state index in [4.69, 9.17) is 27.9 Å². The minimum Gasteiger partial charge on any atom is -0.444 e. The molecule has 1 heterocycles. The van der Waals surface area contributed by atoms with Crippen molar-refractivity contribution in [3.63, 3.8) is 0 Å². The van der Waals surface area contributed by atoms with Gasteiger partial charge in [0.2, 0.25) is 10.0 Å². The number of benzene rings is 1. The third kappa shape index (κ3) is 5.98. The largest absolute Gasteiger partial charge is 0.444 e. The van der Waals surface area contributed by atoms with E-state index >= 15 is 0 Å². The van der Waals surface area contributed by atoms with Gasteiger partial charge in [0.15, 0.2) is 0 Å². The quantitative estimate of drug-likeness (QED) is 0.710. The van der Waals surface area contributed by atoms with Crippen molar-refractivity contribution in [2.24, 2.45) is 0 Å². The Balaban J connectivity index is 2.00. The highest BCUT2D eigenvalue weighted by Crippen LogP contribution is 2.28. The topological polar surface area (TPSA) is 66.9 Å². The molecule has 0 aliphatic carbocycles. The van der Waals surface area contributed by atoms with Crippen molar-refractivity contribution in [2.75, 3.05) is 20.1 Å². The molecule has 1 amide bonds. The summed E-state index contributed by atoms with van der Waals surface area (Å²) in [5.74, 6) is -0.256. The highest BCUT2D eigenvalue weighted by molar-refractivity contribution is 7.88. The molecule has 0 radical (unpaired) electrons. The number of rotatable bonds is 4. The second kappa shape index (κ2) is 8.55. The Morgan fingerprint density at radius 1 is 1.22 bits per heavy atom. The third-order valence-electron chi connectivity index (χ3n) is 4.46. The van der Waals surface area contributed by atoms with Gasteiger partial charge >= 0.3 is 6.09 Å². The van der Waals surface area contributed by atoms with Gasteiger partial charge in [-0.15, -0.1) is 0 Å². The van der Waals surface area contributed by atoms with E-state index in [0.717, 1.165) is 0 Å². The number of sulfonamides is 1. The summed E-state index contributed by atoms with van der Waals surface area (Å²) in [5.41, 5.74) is -0.152. The summed E-state index contributed by atoms with van der Waals surface area (Å²) in [6.07, 6.45) is 0.727. The third-order valence-corrected chi connectivity index (χ3v) is 6.99. The van der Waals surface area contributed by atoms with Crippen LogP contribution in [0.1, 0.15) is 39.2 Å². The fourth-order valence-electron chi connectivity index (χ4n) is 2.92. The molecule has 0 atom stereocenters. The van der Waals surface area contributed by atoms with Gasteiger partial charge in [-0.2, -0.15) is 0 Å². The standard InChI is InChI=1S/C18H26Cl2N2O4S/c1-18(2,3)26-17(23)22-10-8-13(9-11-22)21(4)27(24,25)12-14-15(19)6-5-7-16(14)20/h5-7,13H,8-12H2,1-4H3. The lowest BCUT2D eigenvalue weighted by Crippen LogP contribution is -2.48. The summed E-state index contributed by atoms with van der Waals surface area (Å²) in [6, 6.07) is 4.74. The molecular formula is C18H26Cl2N2O4S. The van der Waals surface area contributed by atoms with Gasteiger partial charge in [0.1, 0.15) is 5.60 Å². The molecular weight excluding hydrogens is 411 g/mol. The average Bonchev–Trinajstić information content (AvgIpc) is 2.56. The van der Waals surface area contributed by atoms with Crippen LogP contribution in [0.4, 0.5) is 4.79 Å². The van der Waals surface area contributed by atoms with Crippen LogP contribution in [0, 0.1) is 0 Å². The summed E-state index contributed by atoms with van der Waals surface area (Å²) in [6.45, 7) is 6.35. The first-order chi connectivity index (χ1) is 12.4. The number of halogens is 2. The summed E-state index contributed by atoms with van der Waals surface area (Å²) in [7, 11) is -2.03. The van der Waals surface area contributed by atoms with E-state index in [2.05, 4.69) is 0 Å². The van der Waals surface area contributed by atoms with Crippen molar-refractivity contribution >= 4 is 39.3 Å². The molecule has 1 aliphatic rings. The van der Waals surface area contributed by atoms with Crippen LogP contribution < -0.4 is 0 Å². The maximum Gasteiger partial charge on any atom is 0.410 e. The minimum atomic E-state index is -3.59. The van der Waals surface area contributed by atoms with Gasteiger partial charge in [-0.25, -0.2) is 17.5 Å². The van der Waals surface area contributed by atoms with Crippen molar-refractivity contribution in [3.8, 4) is 0 Å². The summed E-state index contributed by atoms with van der Waals surface area (Å²) < 4.78 is 32.4. The van der Waals surface area contributed by atoms with Crippen LogP contribution in [-0.2, 0) is 20.5 Å². The van der Waals surface area contributed by atoms with E-state index in [-0.39, 0.29) is 17.9 Å². The lowest BCUT2D eigenvalue weighted by molar-refractivity contribution is 0.0183. The number of amides is 1. The van der Waals surface area contributed by atoms with Gasteiger partial charge in [-0.05, 0) is 45.7 Å². The zero-order chi connectivity index (χ0) is 20.4. The van der Waals surface area contributed by atoms with E-state index in [1.54, 1.807) is 30.1 Å². The van der Waals surface area contributed by atoms with Gasteiger partial charge in [0.25, 0.3) is 0 Å².